The fourth-order valence-corrected chi connectivity index (χ4v) is 3.12. The highest BCUT2D eigenvalue weighted by atomic mass is 79.9. The minimum atomic E-state index is 0.676. The molecule has 1 aromatic carbocycles. The number of benzene rings is 1. The third-order valence-corrected chi connectivity index (χ3v) is 4.08. The number of hydrogen-bond donors (Lipinski definition) is 1. The van der Waals surface area contributed by atoms with E-state index in [1.165, 1.54) is 0 Å². The van der Waals surface area contributed by atoms with Gasteiger partial charge < -0.3 is 0 Å². The number of tetrazole rings is 1. The number of nitrogens with zero attached hydrogens (tertiary/aromatic N) is 3. The van der Waals surface area contributed by atoms with Gasteiger partial charge in [0.2, 0.25) is 0 Å². The van der Waals surface area contributed by atoms with Crippen LogP contribution in [0.15, 0.2) is 33.4 Å². The zero-order chi connectivity index (χ0) is 11.7. The van der Waals surface area contributed by atoms with Gasteiger partial charge in [-0.15, -0.1) is 16.4 Å². The summed E-state index contributed by atoms with van der Waals surface area (Å²) < 4.78 is 1.06. The summed E-state index contributed by atoms with van der Waals surface area (Å²) in [7, 11) is 0. The fraction of sp³-hybridized carbons (Fsp3) is 0. The molecule has 0 fully saturated rings. The Balaban J connectivity index is 2.20. The number of nitrogens with one attached hydrogen (secondary N) is 1. The topological polar surface area (TPSA) is 54.5 Å². The van der Waals surface area contributed by atoms with Gasteiger partial charge in [0, 0.05) is 16.5 Å². The normalized spacial score (nSPS) is 10.6. The molecule has 6 heteroatoms. The molecule has 3 aromatic rings. The molecule has 0 saturated carbocycles. The van der Waals surface area contributed by atoms with Gasteiger partial charge in [0.1, 0.15) is 0 Å². The molecule has 0 aliphatic heterocycles. The Labute approximate surface area is 110 Å². The Hall–Kier alpha value is -1.53. The SMILES string of the molecule is Brc1scc(-c2nnn[nH]2)c1-c1cc[c]cc1. The van der Waals surface area contributed by atoms with Crippen LogP contribution >= 0.6 is 27.3 Å². The third-order valence-electron chi connectivity index (χ3n) is 2.35. The molecule has 2 heterocycles. The van der Waals surface area contributed by atoms with E-state index in [0.717, 1.165) is 20.5 Å². The molecule has 83 valence electrons. The summed E-state index contributed by atoms with van der Waals surface area (Å²) in [6.45, 7) is 0. The standard InChI is InChI=1S/C11H6BrN4S/c12-10-9(7-4-2-1-3-5-7)8(6-17-10)11-13-15-16-14-11/h2-6H,(H,13,14,15,16). The summed E-state index contributed by atoms with van der Waals surface area (Å²) in [5, 5.41) is 16.0. The predicted molar refractivity (Wildman–Crippen MR) is 69.5 cm³/mol. The van der Waals surface area contributed by atoms with E-state index in [1.807, 2.05) is 29.6 Å². The van der Waals surface area contributed by atoms with E-state index in [0.29, 0.717) is 5.82 Å². The van der Waals surface area contributed by atoms with Crippen LogP contribution in [0.5, 0.6) is 0 Å². The van der Waals surface area contributed by atoms with Crippen molar-refractivity contribution in [3.05, 3.63) is 39.5 Å². The maximum absolute atomic E-state index is 3.95. The first-order valence-corrected chi connectivity index (χ1v) is 6.51. The Morgan fingerprint density at radius 1 is 1.29 bits per heavy atom. The number of halogens is 1. The number of aromatic amines is 1. The molecule has 17 heavy (non-hydrogen) atoms. The molecule has 0 unspecified atom stereocenters. The Morgan fingerprint density at radius 3 is 2.82 bits per heavy atom. The molecule has 0 bridgehead atoms. The largest absolute Gasteiger partial charge is 0.239 e. The fourth-order valence-electron chi connectivity index (χ4n) is 1.60. The van der Waals surface area contributed by atoms with Crippen LogP contribution in [0.4, 0.5) is 0 Å². The molecule has 3 rings (SSSR count). The van der Waals surface area contributed by atoms with Crippen LogP contribution in [0.1, 0.15) is 0 Å². The first-order valence-electron chi connectivity index (χ1n) is 4.84. The second-order valence-electron chi connectivity index (χ2n) is 3.34. The maximum Gasteiger partial charge on any atom is 0.180 e. The van der Waals surface area contributed by atoms with Crippen molar-refractivity contribution in [1.29, 1.82) is 0 Å². The lowest BCUT2D eigenvalue weighted by Gasteiger charge is -2.02. The number of thiophene rings is 1. The number of rotatable bonds is 2. The van der Waals surface area contributed by atoms with E-state index >= 15 is 0 Å². The summed E-state index contributed by atoms with van der Waals surface area (Å²) in [4.78, 5) is 0. The highest BCUT2D eigenvalue weighted by molar-refractivity contribution is 9.11. The molecule has 0 spiro atoms. The number of H-pyrrole nitrogens is 1. The Kier molecular flexibility index (Phi) is 2.74. The molecule has 1 N–H and O–H groups in total. The molecule has 0 aliphatic rings. The average molecular weight is 306 g/mol. The molecule has 4 nitrogen and oxygen atoms in total. The predicted octanol–water partition coefficient (Wildman–Crippen LogP) is 3.16. The lowest BCUT2D eigenvalue weighted by Crippen LogP contribution is -1.83. The van der Waals surface area contributed by atoms with Gasteiger partial charge >= 0.3 is 0 Å². The third kappa shape index (κ3) is 1.89. The van der Waals surface area contributed by atoms with Crippen molar-refractivity contribution in [2.75, 3.05) is 0 Å². The summed E-state index contributed by atoms with van der Waals surface area (Å²) in [6.07, 6.45) is 0. The van der Waals surface area contributed by atoms with Crippen LogP contribution in [0.25, 0.3) is 22.5 Å². The van der Waals surface area contributed by atoms with Crippen LogP contribution in [0.2, 0.25) is 0 Å². The van der Waals surface area contributed by atoms with Gasteiger partial charge in [-0.05, 0) is 38.0 Å². The highest BCUT2D eigenvalue weighted by Gasteiger charge is 2.15. The van der Waals surface area contributed by atoms with Gasteiger partial charge in [-0.25, -0.2) is 5.10 Å². The van der Waals surface area contributed by atoms with Crippen molar-refractivity contribution in [2.45, 2.75) is 0 Å². The smallest absolute Gasteiger partial charge is 0.180 e. The first-order chi connectivity index (χ1) is 8.36. The molecule has 2 aromatic heterocycles. The van der Waals surface area contributed by atoms with Gasteiger partial charge in [-0.1, -0.05) is 24.3 Å². The molecule has 0 saturated heterocycles. The average Bonchev–Trinajstić information content (AvgIpc) is 2.98. The summed E-state index contributed by atoms with van der Waals surface area (Å²) in [6, 6.07) is 10.8. The van der Waals surface area contributed by atoms with E-state index in [2.05, 4.69) is 42.6 Å². The van der Waals surface area contributed by atoms with E-state index in [-0.39, 0.29) is 0 Å². The Morgan fingerprint density at radius 2 is 2.12 bits per heavy atom. The van der Waals surface area contributed by atoms with Crippen molar-refractivity contribution in [1.82, 2.24) is 20.6 Å². The summed E-state index contributed by atoms with van der Waals surface area (Å²) in [5.41, 5.74) is 3.21. The van der Waals surface area contributed by atoms with Crippen molar-refractivity contribution in [3.63, 3.8) is 0 Å². The zero-order valence-electron chi connectivity index (χ0n) is 8.51. The monoisotopic (exact) mass is 305 g/mol. The van der Waals surface area contributed by atoms with E-state index in [1.54, 1.807) is 11.3 Å². The van der Waals surface area contributed by atoms with Gasteiger partial charge in [-0.3, -0.25) is 0 Å². The van der Waals surface area contributed by atoms with Crippen LogP contribution in [-0.2, 0) is 0 Å². The molecular formula is C11H6BrN4S. The van der Waals surface area contributed by atoms with Gasteiger partial charge in [0.25, 0.3) is 0 Å². The van der Waals surface area contributed by atoms with Crippen molar-refractivity contribution >= 4 is 27.3 Å². The van der Waals surface area contributed by atoms with Gasteiger partial charge in [-0.2, -0.15) is 0 Å². The minimum Gasteiger partial charge on any atom is -0.239 e. The molecule has 0 amide bonds. The van der Waals surface area contributed by atoms with Crippen LogP contribution in [-0.4, -0.2) is 20.6 Å². The highest BCUT2D eigenvalue weighted by Crippen LogP contribution is 2.40. The summed E-state index contributed by atoms with van der Waals surface area (Å²) >= 11 is 5.18. The van der Waals surface area contributed by atoms with Gasteiger partial charge in [0.05, 0.1) is 3.79 Å². The molecule has 0 aliphatic carbocycles. The number of aromatic nitrogens is 4. The van der Waals surface area contributed by atoms with Crippen molar-refractivity contribution < 1.29 is 0 Å². The van der Waals surface area contributed by atoms with E-state index < -0.39 is 0 Å². The second-order valence-corrected chi connectivity index (χ2v) is 5.53. The first kappa shape index (κ1) is 10.6. The van der Waals surface area contributed by atoms with Gasteiger partial charge in [0.15, 0.2) is 5.82 Å². The van der Waals surface area contributed by atoms with Crippen molar-refractivity contribution in [3.8, 4) is 22.5 Å². The van der Waals surface area contributed by atoms with Crippen LogP contribution < -0.4 is 0 Å². The van der Waals surface area contributed by atoms with E-state index in [4.69, 9.17) is 0 Å². The number of hydrogen-bond acceptors (Lipinski definition) is 4. The van der Waals surface area contributed by atoms with Crippen molar-refractivity contribution in [2.24, 2.45) is 0 Å². The maximum atomic E-state index is 3.95. The molecule has 1 radical (unpaired) electrons. The lowest BCUT2D eigenvalue weighted by molar-refractivity contribution is 0.881. The second kappa shape index (κ2) is 4.38. The minimum absolute atomic E-state index is 0.676. The molecular weight excluding hydrogens is 300 g/mol. The van der Waals surface area contributed by atoms with Crippen LogP contribution in [0.3, 0.4) is 0 Å². The molecule has 0 atom stereocenters. The zero-order valence-corrected chi connectivity index (χ0v) is 10.9. The Bertz CT molecular complexity index is 618. The quantitative estimate of drug-likeness (QED) is 0.791. The summed E-state index contributed by atoms with van der Waals surface area (Å²) in [5.74, 6) is 0.676. The van der Waals surface area contributed by atoms with Crippen LogP contribution in [0, 0.1) is 6.07 Å². The lowest BCUT2D eigenvalue weighted by atomic mass is 10.0. The van der Waals surface area contributed by atoms with E-state index in [9.17, 15) is 0 Å².